The molecule has 0 aromatic heterocycles. The van der Waals surface area contributed by atoms with Crippen LogP contribution < -0.4 is 0 Å². The van der Waals surface area contributed by atoms with Crippen molar-refractivity contribution in [3.8, 4) is 0 Å². The molecule has 1 aromatic carbocycles. The summed E-state index contributed by atoms with van der Waals surface area (Å²) < 4.78 is 0. The molecule has 2 aliphatic rings. The van der Waals surface area contributed by atoms with Crippen molar-refractivity contribution in [1.82, 2.24) is 4.90 Å². The Balaban J connectivity index is 1.68. The molecule has 1 saturated heterocycles. The highest BCUT2D eigenvalue weighted by molar-refractivity contribution is 6.35. The Kier molecular flexibility index (Phi) is 4.33. The number of hydrogen-bond acceptors (Lipinski definition) is 2. The van der Waals surface area contributed by atoms with Crippen LogP contribution >= 0.6 is 23.2 Å². The Morgan fingerprint density at radius 2 is 2.09 bits per heavy atom. The Morgan fingerprint density at radius 1 is 1.32 bits per heavy atom. The minimum Gasteiger partial charge on any atom is -0.481 e. The number of carbonyl (C=O) groups excluding carboxylic acids is 1. The minimum atomic E-state index is -0.849. The molecule has 1 heterocycles. The number of rotatable bonds is 4. The lowest BCUT2D eigenvalue weighted by Crippen LogP contribution is -2.38. The summed E-state index contributed by atoms with van der Waals surface area (Å²) in [6, 6.07) is 5.20. The molecule has 118 valence electrons. The number of likely N-dealkylation sites (tertiary alicyclic amines) is 1. The molecular formula is C16H17Cl2NO3. The number of nitrogens with zero attached hydrogens (tertiary/aromatic N) is 1. The standard InChI is InChI=1S/C16H17Cl2NO3/c17-9-3-4-11(14(18)6-9)12-8-13(12)16(22)19-5-1-2-10(19)7-15(20)21/h3-4,6,10,12-13H,1-2,5,7-8H2,(H,20,21). The molecule has 1 saturated carbocycles. The van der Waals surface area contributed by atoms with E-state index in [1.54, 1.807) is 17.0 Å². The average Bonchev–Trinajstić information content (AvgIpc) is 3.09. The zero-order chi connectivity index (χ0) is 15.9. The van der Waals surface area contributed by atoms with Crippen molar-refractivity contribution in [2.75, 3.05) is 6.54 Å². The maximum absolute atomic E-state index is 12.6. The molecule has 6 heteroatoms. The fourth-order valence-corrected chi connectivity index (χ4v) is 3.92. The summed E-state index contributed by atoms with van der Waals surface area (Å²) in [6.07, 6.45) is 2.46. The van der Waals surface area contributed by atoms with Gasteiger partial charge in [0.05, 0.1) is 6.42 Å². The molecule has 1 amide bonds. The van der Waals surface area contributed by atoms with Crippen molar-refractivity contribution in [3.63, 3.8) is 0 Å². The summed E-state index contributed by atoms with van der Waals surface area (Å²) in [5.74, 6) is -0.728. The van der Waals surface area contributed by atoms with E-state index in [2.05, 4.69) is 0 Å². The molecule has 3 rings (SSSR count). The number of carbonyl (C=O) groups is 2. The molecule has 3 unspecified atom stereocenters. The van der Waals surface area contributed by atoms with E-state index in [4.69, 9.17) is 28.3 Å². The molecule has 1 aromatic rings. The number of amides is 1. The third kappa shape index (κ3) is 3.08. The number of carboxylic acids is 1. The van der Waals surface area contributed by atoms with Gasteiger partial charge in [0.2, 0.25) is 5.91 Å². The van der Waals surface area contributed by atoms with Crippen LogP contribution in [0.15, 0.2) is 18.2 Å². The highest BCUT2D eigenvalue weighted by Crippen LogP contribution is 2.51. The van der Waals surface area contributed by atoms with Crippen LogP contribution in [-0.4, -0.2) is 34.5 Å². The van der Waals surface area contributed by atoms with E-state index in [-0.39, 0.29) is 30.2 Å². The summed E-state index contributed by atoms with van der Waals surface area (Å²) >= 11 is 12.1. The summed E-state index contributed by atoms with van der Waals surface area (Å²) in [5, 5.41) is 10.1. The molecule has 1 aliphatic heterocycles. The van der Waals surface area contributed by atoms with E-state index in [9.17, 15) is 9.59 Å². The van der Waals surface area contributed by atoms with Gasteiger partial charge in [0.25, 0.3) is 0 Å². The quantitative estimate of drug-likeness (QED) is 0.910. The second-order valence-corrected chi connectivity index (χ2v) is 6.88. The van der Waals surface area contributed by atoms with Gasteiger partial charge in [-0.3, -0.25) is 9.59 Å². The van der Waals surface area contributed by atoms with Gasteiger partial charge in [0, 0.05) is 28.5 Å². The molecule has 0 spiro atoms. The van der Waals surface area contributed by atoms with E-state index in [1.807, 2.05) is 6.07 Å². The first kappa shape index (κ1) is 15.6. The van der Waals surface area contributed by atoms with Crippen molar-refractivity contribution in [2.45, 2.75) is 37.6 Å². The second-order valence-electron chi connectivity index (χ2n) is 6.04. The number of hydrogen-bond donors (Lipinski definition) is 1. The molecule has 2 fully saturated rings. The van der Waals surface area contributed by atoms with E-state index < -0.39 is 5.97 Å². The van der Waals surface area contributed by atoms with Crippen LogP contribution in [0.4, 0.5) is 0 Å². The number of benzene rings is 1. The summed E-state index contributed by atoms with van der Waals surface area (Å²) in [7, 11) is 0. The molecule has 1 N–H and O–H groups in total. The van der Waals surface area contributed by atoms with Crippen molar-refractivity contribution < 1.29 is 14.7 Å². The lowest BCUT2D eigenvalue weighted by molar-refractivity contribution is -0.140. The zero-order valence-electron chi connectivity index (χ0n) is 12.0. The molecule has 0 bridgehead atoms. The fourth-order valence-electron chi connectivity index (χ4n) is 3.37. The number of carboxylic acid groups (broad SMARTS) is 1. The van der Waals surface area contributed by atoms with Gasteiger partial charge < -0.3 is 10.0 Å². The Morgan fingerprint density at radius 3 is 2.77 bits per heavy atom. The minimum absolute atomic E-state index is 0.0326. The Bertz CT molecular complexity index is 619. The van der Waals surface area contributed by atoms with Gasteiger partial charge >= 0.3 is 5.97 Å². The Hall–Kier alpha value is -1.26. The normalized spacial score (nSPS) is 27.0. The fraction of sp³-hybridized carbons (Fsp3) is 0.500. The molecule has 4 nitrogen and oxygen atoms in total. The molecule has 1 aliphatic carbocycles. The highest BCUT2D eigenvalue weighted by Gasteiger charge is 2.48. The van der Waals surface area contributed by atoms with Crippen LogP contribution in [0.2, 0.25) is 10.0 Å². The van der Waals surface area contributed by atoms with Crippen LogP contribution in [0, 0.1) is 5.92 Å². The summed E-state index contributed by atoms with van der Waals surface area (Å²) in [4.78, 5) is 25.3. The maximum Gasteiger partial charge on any atom is 0.305 e. The Labute approximate surface area is 139 Å². The van der Waals surface area contributed by atoms with Gasteiger partial charge in [-0.05, 0) is 42.9 Å². The van der Waals surface area contributed by atoms with Gasteiger partial charge in [-0.1, -0.05) is 29.3 Å². The van der Waals surface area contributed by atoms with Crippen molar-refractivity contribution >= 4 is 35.1 Å². The van der Waals surface area contributed by atoms with E-state index in [0.717, 1.165) is 24.8 Å². The SMILES string of the molecule is O=C(O)CC1CCCN1C(=O)C1CC1c1ccc(Cl)cc1Cl. The van der Waals surface area contributed by atoms with E-state index in [1.165, 1.54) is 0 Å². The third-order valence-corrected chi connectivity index (χ3v) is 5.10. The van der Waals surface area contributed by atoms with Crippen LogP contribution in [0.1, 0.15) is 37.2 Å². The zero-order valence-corrected chi connectivity index (χ0v) is 13.5. The van der Waals surface area contributed by atoms with Crippen LogP contribution in [0.25, 0.3) is 0 Å². The summed E-state index contributed by atoms with van der Waals surface area (Å²) in [6.45, 7) is 0.661. The van der Waals surface area contributed by atoms with Crippen molar-refractivity contribution in [1.29, 1.82) is 0 Å². The lowest BCUT2D eigenvalue weighted by Gasteiger charge is -2.23. The van der Waals surface area contributed by atoms with Crippen LogP contribution in [-0.2, 0) is 9.59 Å². The maximum atomic E-state index is 12.6. The predicted molar refractivity (Wildman–Crippen MR) is 84.3 cm³/mol. The first-order valence-electron chi connectivity index (χ1n) is 7.44. The van der Waals surface area contributed by atoms with Crippen LogP contribution in [0.3, 0.4) is 0 Å². The molecule has 0 radical (unpaired) electrons. The second kappa shape index (κ2) is 6.09. The number of halogens is 2. The summed E-state index contributed by atoms with van der Waals surface area (Å²) in [5.41, 5.74) is 0.957. The van der Waals surface area contributed by atoms with Crippen LogP contribution in [0.5, 0.6) is 0 Å². The van der Waals surface area contributed by atoms with Gasteiger partial charge in [-0.2, -0.15) is 0 Å². The van der Waals surface area contributed by atoms with Gasteiger partial charge in [0.1, 0.15) is 0 Å². The van der Waals surface area contributed by atoms with Crippen molar-refractivity contribution in [3.05, 3.63) is 33.8 Å². The first-order chi connectivity index (χ1) is 10.5. The molecule has 22 heavy (non-hydrogen) atoms. The van der Waals surface area contributed by atoms with E-state index >= 15 is 0 Å². The number of aliphatic carboxylic acids is 1. The smallest absolute Gasteiger partial charge is 0.305 e. The van der Waals surface area contributed by atoms with Gasteiger partial charge in [-0.25, -0.2) is 0 Å². The van der Waals surface area contributed by atoms with Gasteiger partial charge in [-0.15, -0.1) is 0 Å². The van der Waals surface area contributed by atoms with Gasteiger partial charge in [0.15, 0.2) is 0 Å². The molecular weight excluding hydrogens is 325 g/mol. The lowest BCUT2D eigenvalue weighted by atomic mass is 10.1. The predicted octanol–water partition coefficient (Wildman–Crippen LogP) is 3.56. The third-order valence-electron chi connectivity index (χ3n) is 4.54. The topological polar surface area (TPSA) is 57.6 Å². The monoisotopic (exact) mass is 341 g/mol. The first-order valence-corrected chi connectivity index (χ1v) is 8.20. The van der Waals surface area contributed by atoms with E-state index in [0.29, 0.717) is 16.6 Å². The largest absolute Gasteiger partial charge is 0.481 e. The average molecular weight is 342 g/mol. The van der Waals surface area contributed by atoms with Crippen molar-refractivity contribution in [2.24, 2.45) is 5.92 Å². The highest BCUT2D eigenvalue weighted by atomic mass is 35.5. The molecule has 3 atom stereocenters.